The average Bonchev–Trinajstić information content (AvgIpc) is 2.64. The normalized spacial score (nSPS) is 14.6. The van der Waals surface area contributed by atoms with E-state index in [0.717, 1.165) is 20.5 Å². The molecule has 0 aliphatic carbocycles. The third kappa shape index (κ3) is 2.43. The van der Waals surface area contributed by atoms with Crippen LogP contribution in [0.1, 0.15) is 22.9 Å². The highest BCUT2D eigenvalue weighted by Crippen LogP contribution is 2.38. The van der Waals surface area contributed by atoms with E-state index >= 15 is 0 Å². The van der Waals surface area contributed by atoms with Crippen molar-refractivity contribution in [3.8, 4) is 0 Å². The Morgan fingerprint density at radius 2 is 2.00 bits per heavy atom. The molecule has 0 bridgehead atoms. The number of hydrogen-bond donors (Lipinski definition) is 1. The van der Waals surface area contributed by atoms with Crippen molar-refractivity contribution in [1.29, 1.82) is 0 Å². The Balaban J connectivity index is 2.55. The molecule has 0 saturated heterocycles. The first-order valence-electron chi connectivity index (χ1n) is 5.15. The Morgan fingerprint density at radius 1 is 1.29 bits per heavy atom. The largest absolute Gasteiger partial charge is 0.381 e. The van der Waals surface area contributed by atoms with Gasteiger partial charge in [-0.2, -0.15) is 0 Å². The molecule has 1 N–H and O–H groups in total. The van der Waals surface area contributed by atoms with Crippen LogP contribution in [0.5, 0.6) is 0 Å². The number of aryl methyl sites for hydroxylation is 1. The molecule has 1 nitrogen and oxygen atoms in total. The SMILES string of the molecule is Cc1sccc1C(C)(O)c1ccc(Br)cc1Cl. The zero-order valence-corrected chi connectivity index (χ0v) is 12.7. The predicted molar refractivity (Wildman–Crippen MR) is 76.9 cm³/mol. The van der Waals surface area contributed by atoms with E-state index < -0.39 is 5.60 Å². The van der Waals surface area contributed by atoms with Gasteiger partial charge in [-0.1, -0.05) is 33.6 Å². The fourth-order valence-corrected chi connectivity index (χ4v) is 3.58. The third-order valence-corrected chi connectivity index (χ3v) is 4.49. The van der Waals surface area contributed by atoms with Gasteiger partial charge >= 0.3 is 0 Å². The number of rotatable bonds is 2. The van der Waals surface area contributed by atoms with Gasteiger partial charge in [-0.15, -0.1) is 11.3 Å². The molecule has 0 radical (unpaired) electrons. The van der Waals surface area contributed by atoms with Gasteiger partial charge in [0.1, 0.15) is 5.60 Å². The second-order valence-corrected chi connectivity index (χ2v) is 6.53. The zero-order valence-electron chi connectivity index (χ0n) is 9.50. The van der Waals surface area contributed by atoms with Crippen LogP contribution in [0.25, 0.3) is 0 Å². The first-order valence-corrected chi connectivity index (χ1v) is 7.20. The molecular weight excluding hydrogens is 320 g/mol. The average molecular weight is 332 g/mol. The number of hydrogen-bond acceptors (Lipinski definition) is 2. The van der Waals surface area contributed by atoms with Crippen LogP contribution in [-0.4, -0.2) is 5.11 Å². The predicted octanol–water partition coefficient (Wildman–Crippen LogP) is 4.73. The molecule has 1 aromatic heterocycles. The molecule has 1 atom stereocenters. The van der Waals surface area contributed by atoms with Gasteiger partial charge in [0, 0.05) is 25.5 Å². The van der Waals surface area contributed by atoms with Crippen LogP contribution in [0.15, 0.2) is 34.1 Å². The van der Waals surface area contributed by atoms with E-state index in [1.807, 2.05) is 30.5 Å². The van der Waals surface area contributed by atoms with Crippen molar-refractivity contribution in [1.82, 2.24) is 0 Å². The second-order valence-electron chi connectivity index (χ2n) is 4.09. The van der Waals surface area contributed by atoms with Crippen LogP contribution in [0.3, 0.4) is 0 Å². The van der Waals surface area contributed by atoms with Crippen LogP contribution in [0.4, 0.5) is 0 Å². The highest BCUT2D eigenvalue weighted by molar-refractivity contribution is 9.10. The Bertz CT molecular complexity index is 548. The van der Waals surface area contributed by atoms with Gasteiger partial charge in [-0.05, 0) is 37.4 Å². The number of thiophene rings is 1. The van der Waals surface area contributed by atoms with Gasteiger partial charge in [0.25, 0.3) is 0 Å². The number of halogens is 2. The number of benzene rings is 1. The van der Waals surface area contributed by atoms with E-state index in [1.54, 1.807) is 24.3 Å². The van der Waals surface area contributed by atoms with Gasteiger partial charge in [0.15, 0.2) is 0 Å². The molecule has 17 heavy (non-hydrogen) atoms. The minimum atomic E-state index is -1.05. The van der Waals surface area contributed by atoms with Crippen molar-refractivity contribution < 1.29 is 5.11 Å². The lowest BCUT2D eigenvalue weighted by Gasteiger charge is -2.25. The Hall–Kier alpha value is -0.350. The molecule has 0 aliphatic rings. The summed E-state index contributed by atoms with van der Waals surface area (Å²) in [6.45, 7) is 3.78. The Kier molecular flexibility index (Phi) is 3.64. The molecule has 2 rings (SSSR count). The van der Waals surface area contributed by atoms with Crippen LogP contribution < -0.4 is 0 Å². The maximum absolute atomic E-state index is 10.7. The summed E-state index contributed by atoms with van der Waals surface area (Å²) in [5.74, 6) is 0. The smallest absolute Gasteiger partial charge is 0.114 e. The topological polar surface area (TPSA) is 20.2 Å². The zero-order chi connectivity index (χ0) is 12.6. The van der Waals surface area contributed by atoms with E-state index in [0.29, 0.717) is 5.02 Å². The van der Waals surface area contributed by atoms with Crippen LogP contribution in [0, 0.1) is 6.92 Å². The first kappa shape index (κ1) is 13.1. The maximum atomic E-state index is 10.7. The van der Waals surface area contributed by atoms with Gasteiger partial charge in [0.05, 0.1) is 0 Å². The lowest BCUT2D eigenvalue weighted by Crippen LogP contribution is -2.23. The second kappa shape index (κ2) is 4.73. The van der Waals surface area contributed by atoms with Gasteiger partial charge < -0.3 is 5.11 Å². The molecule has 1 unspecified atom stereocenters. The molecule has 1 aromatic carbocycles. The Morgan fingerprint density at radius 3 is 2.53 bits per heavy atom. The van der Waals surface area contributed by atoms with Crippen LogP contribution in [0.2, 0.25) is 5.02 Å². The summed E-state index contributed by atoms with van der Waals surface area (Å²) in [4.78, 5) is 1.11. The minimum Gasteiger partial charge on any atom is -0.381 e. The van der Waals surface area contributed by atoms with E-state index in [2.05, 4.69) is 15.9 Å². The monoisotopic (exact) mass is 330 g/mol. The summed E-state index contributed by atoms with van der Waals surface area (Å²) in [6, 6.07) is 7.48. The summed E-state index contributed by atoms with van der Waals surface area (Å²) in [5, 5.41) is 13.2. The van der Waals surface area contributed by atoms with Crippen molar-refractivity contribution in [2.45, 2.75) is 19.4 Å². The minimum absolute atomic E-state index is 0.565. The van der Waals surface area contributed by atoms with E-state index in [-0.39, 0.29) is 0 Å². The molecule has 0 spiro atoms. The molecule has 0 saturated carbocycles. The van der Waals surface area contributed by atoms with Gasteiger partial charge in [-0.3, -0.25) is 0 Å². The third-order valence-electron chi connectivity index (χ3n) is 2.84. The fraction of sp³-hybridized carbons (Fsp3) is 0.231. The van der Waals surface area contributed by atoms with E-state index in [9.17, 15) is 5.11 Å². The number of aliphatic hydroxyl groups is 1. The van der Waals surface area contributed by atoms with Gasteiger partial charge in [-0.25, -0.2) is 0 Å². The fourth-order valence-electron chi connectivity index (χ4n) is 1.92. The van der Waals surface area contributed by atoms with Crippen molar-refractivity contribution in [2.24, 2.45) is 0 Å². The van der Waals surface area contributed by atoms with Crippen molar-refractivity contribution in [3.63, 3.8) is 0 Å². The molecule has 0 fully saturated rings. The van der Waals surface area contributed by atoms with Crippen molar-refractivity contribution >= 4 is 38.9 Å². The molecule has 2 aromatic rings. The Labute approximate surface area is 118 Å². The highest BCUT2D eigenvalue weighted by Gasteiger charge is 2.30. The summed E-state index contributed by atoms with van der Waals surface area (Å²) in [7, 11) is 0. The van der Waals surface area contributed by atoms with Crippen molar-refractivity contribution in [2.75, 3.05) is 0 Å². The molecule has 90 valence electrons. The van der Waals surface area contributed by atoms with Gasteiger partial charge in [0.2, 0.25) is 0 Å². The van der Waals surface area contributed by atoms with E-state index in [1.165, 1.54) is 0 Å². The quantitative estimate of drug-likeness (QED) is 0.843. The van der Waals surface area contributed by atoms with E-state index in [4.69, 9.17) is 11.6 Å². The van der Waals surface area contributed by atoms with Crippen LogP contribution in [-0.2, 0) is 5.60 Å². The van der Waals surface area contributed by atoms with Crippen molar-refractivity contribution in [3.05, 3.63) is 55.1 Å². The lowest BCUT2D eigenvalue weighted by molar-refractivity contribution is 0.102. The molecule has 1 heterocycles. The highest BCUT2D eigenvalue weighted by atomic mass is 79.9. The lowest BCUT2D eigenvalue weighted by atomic mass is 9.89. The summed E-state index contributed by atoms with van der Waals surface area (Å²) < 4.78 is 0.907. The summed E-state index contributed by atoms with van der Waals surface area (Å²) in [6.07, 6.45) is 0. The molecule has 0 aliphatic heterocycles. The maximum Gasteiger partial charge on any atom is 0.114 e. The first-order chi connectivity index (χ1) is 7.93. The molecule has 4 heteroatoms. The summed E-state index contributed by atoms with van der Waals surface area (Å²) in [5.41, 5.74) is 0.581. The molecular formula is C13H12BrClOS. The molecule has 0 amide bonds. The van der Waals surface area contributed by atoms with Crippen LogP contribution >= 0.6 is 38.9 Å². The standard InChI is InChI=1S/C13H12BrClOS/c1-8-10(5-6-17-8)13(2,16)11-4-3-9(14)7-12(11)15/h3-7,16H,1-2H3. The summed E-state index contributed by atoms with van der Waals surface area (Å²) >= 11 is 11.2.